The van der Waals surface area contributed by atoms with Gasteiger partial charge in [-0.3, -0.25) is 14.4 Å². The number of amides is 1. The summed E-state index contributed by atoms with van der Waals surface area (Å²) in [5, 5.41) is 12.1. The van der Waals surface area contributed by atoms with E-state index in [1.165, 1.54) is 6.42 Å². The number of carbonyl (C=O) groups excluding carboxylic acids is 3. The molecule has 0 radical (unpaired) electrons. The van der Waals surface area contributed by atoms with Gasteiger partial charge in [-0.25, -0.2) is 4.79 Å². The van der Waals surface area contributed by atoms with Crippen LogP contribution in [0.25, 0.3) is 0 Å². The first-order chi connectivity index (χ1) is 18.6. The van der Waals surface area contributed by atoms with Gasteiger partial charge in [0, 0.05) is 31.1 Å². The molecule has 1 aromatic rings. The van der Waals surface area contributed by atoms with Gasteiger partial charge in [0.1, 0.15) is 17.9 Å². The van der Waals surface area contributed by atoms with Crippen LogP contribution >= 0.6 is 0 Å². The molecule has 4 aliphatic rings. The maximum absolute atomic E-state index is 12.8. The van der Waals surface area contributed by atoms with Gasteiger partial charge in [0.05, 0.1) is 6.42 Å². The van der Waals surface area contributed by atoms with E-state index >= 15 is 0 Å². The highest BCUT2D eigenvalue weighted by Gasteiger charge is 2.61. The number of carbonyl (C=O) groups is 4. The van der Waals surface area contributed by atoms with E-state index in [4.69, 9.17) is 4.74 Å². The van der Waals surface area contributed by atoms with Crippen molar-refractivity contribution in [3.63, 3.8) is 0 Å². The highest BCUT2D eigenvalue weighted by Crippen LogP contribution is 2.66. The smallest absolute Gasteiger partial charge is 0.326 e. The van der Waals surface area contributed by atoms with Gasteiger partial charge in [-0.15, -0.1) is 0 Å². The lowest BCUT2D eigenvalue weighted by Crippen LogP contribution is -2.54. The molecule has 0 aromatic heterocycles. The number of hydrogen-bond donors (Lipinski definition) is 2. The number of carboxylic acids is 1. The summed E-state index contributed by atoms with van der Waals surface area (Å²) in [6.07, 6.45) is 8.82. The van der Waals surface area contributed by atoms with Crippen molar-refractivity contribution in [2.75, 3.05) is 0 Å². The first-order valence-electron chi connectivity index (χ1n) is 14.9. The summed E-state index contributed by atoms with van der Waals surface area (Å²) in [5.74, 6) is 0.841. The normalized spacial score (nSPS) is 36.2. The Morgan fingerprint density at radius 2 is 1.72 bits per heavy atom. The van der Waals surface area contributed by atoms with E-state index in [-0.39, 0.29) is 42.2 Å². The summed E-state index contributed by atoms with van der Waals surface area (Å²) < 4.78 is 6.03. The minimum absolute atomic E-state index is 0.0448. The van der Waals surface area contributed by atoms with Crippen molar-refractivity contribution in [2.45, 2.75) is 103 Å². The zero-order chi connectivity index (χ0) is 27.8. The van der Waals surface area contributed by atoms with Crippen LogP contribution in [0.5, 0.6) is 0 Å². The minimum atomic E-state index is -1.10. The van der Waals surface area contributed by atoms with Crippen molar-refractivity contribution < 1.29 is 29.0 Å². The predicted octanol–water partition coefficient (Wildman–Crippen LogP) is 5.10. The molecule has 7 nitrogen and oxygen atoms in total. The van der Waals surface area contributed by atoms with E-state index in [9.17, 15) is 24.3 Å². The van der Waals surface area contributed by atoms with Gasteiger partial charge in [-0.1, -0.05) is 44.2 Å². The number of aliphatic carboxylic acids is 1. The Kier molecular flexibility index (Phi) is 7.89. The Balaban J connectivity index is 1.14. The van der Waals surface area contributed by atoms with Crippen molar-refractivity contribution in [2.24, 2.45) is 34.5 Å². The lowest BCUT2D eigenvalue weighted by atomic mass is 9.45. The number of nitrogens with one attached hydrogen (secondary N) is 1. The van der Waals surface area contributed by atoms with Gasteiger partial charge in [0.15, 0.2) is 0 Å². The van der Waals surface area contributed by atoms with Crippen LogP contribution in [0.1, 0.15) is 90.0 Å². The summed E-state index contributed by atoms with van der Waals surface area (Å²) in [7, 11) is 0. The molecule has 2 N–H and O–H groups in total. The van der Waals surface area contributed by atoms with Crippen molar-refractivity contribution in [1.82, 2.24) is 5.32 Å². The van der Waals surface area contributed by atoms with Gasteiger partial charge in [0.2, 0.25) is 5.91 Å². The molecule has 8 atom stereocenters. The Morgan fingerprint density at radius 1 is 0.974 bits per heavy atom. The molecule has 7 heteroatoms. The molecule has 1 amide bonds. The maximum atomic E-state index is 12.8. The number of hydrogen-bond acceptors (Lipinski definition) is 5. The Bertz CT molecular complexity index is 1100. The predicted molar refractivity (Wildman–Crippen MR) is 146 cm³/mol. The van der Waals surface area contributed by atoms with Crippen LogP contribution in [0.3, 0.4) is 0 Å². The van der Waals surface area contributed by atoms with E-state index in [0.29, 0.717) is 29.5 Å². The second-order valence-electron chi connectivity index (χ2n) is 13.1. The fourth-order valence-corrected chi connectivity index (χ4v) is 8.94. The molecule has 39 heavy (non-hydrogen) atoms. The first-order valence-corrected chi connectivity index (χ1v) is 14.9. The summed E-state index contributed by atoms with van der Waals surface area (Å²) in [6.45, 7) is 4.74. The van der Waals surface area contributed by atoms with Crippen LogP contribution in [0.15, 0.2) is 30.3 Å². The number of carboxylic acid groups (broad SMARTS) is 1. The third-order valence-corrected chi connectivity index (χ3v) is 11.1. The van der Waals surface area contributed by atoms with Gasteiger partial charge in [-0.2, -0.15) is 0 Å². The van der Waals surface area contributed by atoms with Gasteiger partial charge >= 0.3 is 11.9 Å². The number of fused-ring (bicyclic) bond motifs is 5. The quantitative estimate of drug-likeness (QED) is 0.447. The third kappa shape index (κ3) is 5.51. The molecule has 5 rings (SSSR count). The fourth-order valence-electron chi connectivity index (χ4n) is 8.94. The second kappa shape index (κ2) is 11.1. The molecule has 0 bridgehead atoms. The Morgan fingerprint density at radius 3 is 2.46 bits per heavy atom. The van der Waals surface area contributed by atoms with Crippen LogP contribution in [0.4, 0.5) is 0 Å². The molecule has 4 aliphatic carbocycles. The molecule has 1 aromatic carbocycles. The molecule has 0 unspecified atom stereocenters. The maximum Gasteiger partial charge on any atom is 0.326 e. The zero-order valence-corrected chi connectivity index (χ0v) is 23.3. The highest BCUT2D eigenvalue weighted by atomic mass is 16.5. The molecular formula is C32H43NO6. The molecule has 4 fully saturated rings. The number of esters is 1. The number of ether oxygens (including phenoxy) is 1. The number of benzene rings is 1. The summed E-state index contributed by atoms with van der Waals surface area (Å²) in [4.78, 5) is 49.2. The molecule has 0 spiro atoms. The summed E-state index contributed by atoms with van der Waals surface area (Å²) >= 11 is 0. The molecule has 0 saturated heterocycles. The van der Waals surface area contributed by atoms with Crippen LogP contribution in [0.2, 0.25) is 0 Å². The SMILES string of the molecule is C[C@]12CCC(=O)C[C@@H]1CC[C@@H]1[C@@H]2CC[C@]2(C)[C@@H](OC(=O)CCC(=O)N[C@H](Cc3ccccc3)C(=O)O)CC[C@@H]12. The van der Waals surface area contributed by atoms with Gasteiger partial charge in [0.25, 0.3) is 0 Å². The van der Waals surface area contributed by atoms with Crippen LogP contribution in [-0.2, 0) is 30.3 Å². The standard InChI is InChI=1S/C32H43NO6/c1-31-16-14-22(34)19-21(31)8-9-23-24-10-11-27(32(24,2)17-15-25(23)31)39-29(36)13-12-28(35)33-26(30(37)38)18-20-6-4-3-5-7-20/h3-7,21,23-27H,8-19H2,1-2H3,(H,33,35)(H,37,38)/t21-,23-,24-,25-,26+,27-,31-,32-/m0/s1. The van der Waals surface area contributed by atoms with Crippen LogP contribution < -0.4 is 5.32 Å². The number of ketones is 1. The second-order valence-corrected chi connectivity index (χ2v) is 13.1. The highest BCUT2D eigenvalue weighted by molar-refractivity contribution is 5.86. The van der Waals surface area contributed by atoms with Crippen molar-refractivity contribution in [3.05, 3.63) is 35.9 Å². The van der Waals surface area contributed by atoms with Crippen molar-refractivity contribution in [1.29, 1.82) is 0 Å². The lowest BCUT2D eigenvalue weighted by Gasteiger charge is -2.60. The topological polar surface area (TPSA) is 110 Å². The third-order valence-electron chi connectivity index (χ3n) is 11.1. The van der Waals surface area contributed by atoms with Gasteiger partial charge < -0.3 is 15.2 Å². The van der Waals surface area contributed by atoms with E-state index < -0.39 is 17.9 Å². The minimum Gasteiger partial charge on any atom is -0.480 e. The fraction of sp³-hybridized carbons (Fsp3) is 0.688. The molecule has 0 heterocycles. The molecule has 212 valence electrons. The average molecular weight is 538 g/mol. The van der Waals surface area contributed by atoms with E-state index in [1.807, 2.05) is 30.3 Å². The summed E-state index contributed by atoms with van der Waals surface area (Å²) in [6, 6.07) is 8.12. The first kappa shape index (κ1) is 27.9. The number of Topliss-reactive ketones (excluding diaryl/α,β-unsaturated/α-hetero) is 1. The van der Waals surface area contributed by atoms with E-state index in [2.05, 4.69) is 19.2 Å². The monoisotopic (exact) mass is 537 g/mol. The summed E-state index contributed by atoms with van der Waals surface area (Å²) in [5.41, 5.74) is 1.04. The van der Waals surface area contributed by atoms with Crippen LogP contribution in [0, 0.1) is 34.5 Å². The van der Waals surface area contributed by atoms with Crippen molar-refractivity contribution >= 4 is 23.6 Å². The molecule has 4 saturated carbocycles. The lowest BCUT2D eigenvalue weighted by molar-refractivity contribution is -0.164. The Hall–Kier alpha value is -2.70. The van der Waals surface area contributed by atoms with E-state index in [0.717, 1.165) is 56.9 Å². The van der Waals surface area contributed by atoms with Crippen molar-refractivity contribution in [3.8, 4) is 0 Å². The zero-order valence-electron chi connectivity index (χ0n) is 23.3. The molecule has 0 aliphatic heterocycles. The molecular weight excluding hydrogens is 494 g/mol. The van der Waals surface area contributed by atoms with E-state index in [1.54, 1.807) is 0 Å². The Labute approximate surface area is 231 Å². The van der Waals surface area contributed by atoms with Gasteiger partial charge in [-0.05, 0) is 79.6 Å². The largest absolute Gasteiger partial charge is 0.480 e. The van der Waals surface area contributed by atoms with Crippen LogP contribution in [-0.4, -0.2) is 40.9 Å². The number of rotatable bonds is 8. The average Bonchev–Trinajstić information content (AvgIpc) is 3.24.